The van der Waals surface area contributed by atoms with E-state index in [2.05, 4.69) is 9.97 Å². The van der Waals surface area contributed by atoms with Crippen molar-refractivity contribution in [2.24, 2.45) is 5.92 Å². The summed E-state index contributed by atoms with van der Waals surface area (Å²) in [4.78, 5) is 19.7. The fourth-order valence-electron chi connectivity index (χ4n) is 3.61. The lowest BCUT2D eigenvalue weighted by Gasteiger charge is -2.23. The van der Waals surface area contributed by atoms with Crippen LogP contribution in [0.4, 0.5) is 0 Å². The highest BCUT2D eigenvalue weighted by Gasteiger charge is 2.54. The van der Waals surface area contributed by atoms with Crippen LogP contribution in [0.5, 0.6) is 0 Å². The molecule has 0 aromatic carbocycles. The molecule has 2 aromatic heterocycles. The first-order chi connectivity index (χ1) is 10.5. The van der Waals surface area contributed by atoms with Crippen LogP contribution >= 0.6 is 11.6 Å². The summed E-state index contributed by atoms with van der Waals surface area (Å²) in [5, 5.41) is 1.22. The monoisotopic (exact) mass is 321 g/mol. The molecule has 2 aliphatic rings. The lowest BCUT2D eigenvalue weighted by molar-refractivity contribution is -0.160. The third kappa shape index (κ3) is 1.98. The van der Waals surface area contributed by atoms with Gasteiger partial charge in [0.05, 0.1) is 17.5 Å². The van der Waals surface area contributed by atoms with Crippen LogP contribution in [0.25, 0.3) is 11.0 Å². The predicted molar refractivity (Wildman–Crippen MR) is 79.6 cm³/mol. The molecule has 1 aliphatic heterocycles. The summed E-state index contributed by atoms with van der Waals surface area (Å²) in [6.45, 7) is 3.74. The number of ether oxygens (including phenoxy) is 2. The third-order valence-corrected chi connectivity index (χ3v) is 4.77. The van der Waals surface area contributed by atoms with Crippen molar-refractivity contribution in [2.45, 2.75) is 44.3 Å². The molecule has 1 saturated heterocycles. The Morgan fingerprint density at radius 3 is 2.91 bits per heavy atom. The number of carbonyl (C=O) groups excluding carboxylic acids is 1. The molecule has 1 saturated carbocycles. The predicted octanol–water partition coefficient (Wildman–Crippen LogP) is 2.36. The van der Waals surface area contributed by atoms with Gasteiger partial charge >= 0.3 is 0 Å². The molecule has 0 unspecified atom stereocenters. The fourth-order valence-corrected chi connectivity index (χ4v) is 3.80. The molecule has 116 valence electrons. The average molecular weight is 322 g/mol. The number of aldehydes is 1. The smallest absolute Gasteiger partial charge is 0.163 e. The quantitative estimate of drug-likeness (QED) is 0.627. The first-order valence-corrected chi connectivity index (χ1v) is 7.66. The molecule has 6 nitrogen and oxygen atoms in total. The maximum atomic E-state index is 11.4. The Bertz CT molecular complexity index is 745. The molecule has 4 rings (SSSR count). The lowest BCUT2D eigenvalue weighted by atomic mass is 10.1. The van der Waals surface area contributed by atoms with E-state index in [9.17, 15) is 4.79 Å². The summed E-state index contributed by atoms with van der Waals surface area (Å²) in [6, 6.07) is 1.88. The van der Waals surface area contributed by atoms with Crippen LogP contribution in [0.3, 0.4) is 0 Å². The maximum absolute atomic E-state index is 11.4. The molecule has 1 aliphatic carbocycles. The summed E-state index contributed by atoms with van der Waals surface area (Å²) in [6.07, 6.45) is 4.62. The topological polar surface area (TPSA) is 66.2 Å². The molecule has 2 fully saturated rings. The van der Waals surface area contributed by atoms with E-state index >= 15 is 0 Å². The highest BCUT2D eigenvalue weighted by Crippen LogP contribution is 2.47. The first-order valence-electron chi connectivity index (χ1n) is 7.28. The number of carbonyl (C=O) groups is 1. The van der Waals surface area contributed by atoms with Crippen LogP contribution in [-0.4, -0.2) is 38.8 Å². The number of hydrogen-bond donors (Lipinski definition) is 0. The van der Waals surface area contributed by atoms with E-state index in [-0.39, 0.29) is 24.2 Å². The van der Waals surface area contributed by atoms with Gasteiger partial charge in [0.1, 0.15) is 29.5 Å². The lowest BCUT2D eigenvalue weighted by Crippen LogP contribution is -2.27. The molecule has 3 heterocycles. The van der Waals surface area contributed by atoms with Gasteiger partial charge < -0.3 is 18.8 Å². The summed E-state index contributed by atoms with van der Waals surface area (Å²) < 4.78 is 14.0. The Morgan fingerprint density at radius 2 is 2.14 bits per heavy atom. The Hall–Kier alpha value is -1.50. The van der Waals surface area contributed by atoms with Crippen molar-refractivity contribution in [1.29, 1.82) is 0 Å². The largest absolute Gasteiger partial charge is 0.344 e. The van der Waals surface area contributed by atoms with Crippen molar-refractivity contribution in [3.05, 3.63) is 23.7 Å². The van der Waals surface area contributed by atoms with Crippen LogP contribution in [-0.2, 0) is 14.3 Å². The Labute approximate surface area is 132 Å². The Morgan fingerprint density at radius 1 is 1.36 bits per heavy atom. The second-order valence-corrected chi connectivity index (χ2v) is 6.65. The maximum Gasteiger partial charge on any atom is 0.163 e. The van der Waals surface area contributed by atoms with Gasteiger partial charge in [-0.25, -0.2) is 9.97 Å². The summed E-state index contributed by atoms with van der Waals surface area (Å²) in [7, 11) is 0. The van der Waals surface area contributed by atoms with E-state index in [1.807, 2.05) is 30.7 Å². The molecule has 4 atom stereocenters. The molecular weight excluding hydrogens is 306 g/mol. The van der Waals surface area contributed by atoms with Crippen LogP contribution < -0.4 is 0 Å². The van der Waals surface area contributed by atoms with Gasteiger partial charge in [0.15, 0.2) is 5.79 Å². The van der Waals surface area contributed by atoms with Gasteiger partial charge in [-0.05, 0) is 26.3 Å². The summed E-state index contributed by atoms with van der Waals surface area (Å²) in [5.74, 6) is -0.850. The van der Waals surface area contributed by atoms with Crippen LogP contribution in [0.1, 0.15) is 26.3 Å². The SMILES string of the molecule is CC1(C)O[C@@H]2[C@H](O1)[C@H](C=O)C[C@H]2n1ccc2c(Cl)ncnc21. The van der Waals surface area contributed by atoms with Crippen LogP contribution in [0.15, 0.2) is 18.6 Å². The van der Waals surface area contributed by atoms with E-state index in [0.29, 0.717) is 11.6 Å². The molecule has 2 aromatic rings. The van der Waals surface area contributed by atoms with Gasteiger partial charge in [-0.3, -0.25) is 0 Å². The van der Waals surface area contributed by atoms with Gasteiger partial charge in [-0.2, -0.15) is 0 Å². The Kier molecular flexibility index (Phi) is 3.04. The average Bonchev–Trinajstić information content (AvgIpc) is 3.10. The van der Waals surface area contributed by atoms with Crippen molar-refractivity contribution < 1.29 is 14.3 Å². The minimum Gasteiger partial charge on any atom is -0.344 e. The van der Waals surface area contributed by atoms with Crippen molar-refractivity contribution in [1.82, 2.24) is 14.5 Å². The first kappa shape index (κ1) is 14.1. The minimum atomic E-state index is -0.676. The second-order valence-electron chi connectivity index (χ2n) is 6.29. The molecular formula is C15H16ClN3O3. The fraction of sp³-hybridized carbons (Fsp3) is 0.533. The van der Waals surface area contributed by atoms with Crippen molar-refractivity contribution in [3.63, 3.8) is 0 Å². The number of hydrogen-bond acceptors (Lipinski definition) is 5. The van der Waals surface area contributed by atoms with Gasteiger partial charge in [-0.1, -0.05) is 11.6 Å². The molecule has 7 heteroatoms. The standard InChI is InChI=1S/C15H16ClN3O3/c1-15(2)21-11-8(6-20)5-10(12(11)22-15)19-4-3-9-13(16)17-7-18-14(9)19/h3-4,6-8,10-12H,5H2,1-2H3/t8-,10+,11+,12-/m0/s1. The van der Waals surface area contributed by atoms with Crippen LogP contribution in [0, 0.1) is 5.92 Å². The molecule has 0 bridgehead atoms. The van der Waals surface area contributed by atoms with Crippen molar-refractivity contribution >= 4 is 28.9 Å². The zero-order chi connectivity index (χ0) is 15.5. The zero-order valence-corrected chi connectivity index (χ0v) is 13.0. The molecule has 22 heavy (non-hydrogen) atoms. The number of nitrogens with zero attached hydrogens (tertiary/aromatic N) is 3. The molecule has 0 spiro atoms. The van der Waals surface area contributed by atoms with E-state index < -0.39 is 5.79 Å². The van der Waals surface area contributed by atoms with Gasteiger partial charge in [-0.15, -0.1) is 0 Å². The summed E-state index contributed by atoms with van der Waals surface area (Å²) >= 11 is 6.11. The number of fused-ring (bicyclic) bond motifs is 2. The summed E-state index contributed by atoms with van der Waals surface area (Å²) in [5.41, 5.74) is 0.753. The minimum absolute atomic E-state index is 0.00885. The highest BCUT2D eigenvalue weighted by molar-refractivity contribution is 6.33. The van der Waals surface area contributed by atoms with Gasteiger partial charge in [0, 0.05) is 12.1 Å². The highest BCUT2D eigenvalue weighted by atomic mass is 35.5. The van der Waals surface area contributed by atoms with E-state index in [1.165, 1.54) is 6.33 Å². The van der Waals surface area contributed by atoms with E-state index in [1.54, 1.807) is 0 Å². The molecule has 0 amide bonds. The normalized spacial score (nSPS) is 33.2. The van der Waals surface area contributed by atoms with Crippen molar-refractivity contribution in [2.75, 3.05) is 0 Å². The Balaban J connectivity index is 1.78. The number of aromatic nitrogens is 3. The number of rotatable bonds is 2. The molecule has 0 N–H and O–H groups in total. The van der Waals surface area contributed by atoms with E-state index in [0.717, 1.165) is 17.3 Å². The number of halogens is 1. The zero-order valence-electron chi connectivity index (χ0n) is 12.3. The van der Waals surface area contributed by atoms with Crippen molar-refractivity contribution in [3.8, 4) is 0 Å². The third-order valence-electron chi connectivity index (χ3n) is 4.47. The second kappa shape index (κ2) is 4.75. The van der Waals surface area contributed by atoms with Crippen LogP contribution in [0.2, 0.25) is 5.15 Å². The van der Waals surface area contributed by atoms with Gasteiger partial charge in [0.25, 0.3) is 0 Å². The van der Waals surface area contributed by atoms with Gasteiger partial charge in [0.2, 0.25) is 0 Å². The molecule has 0 radical (unpaired) electrons. The van der Waals surface area contributed by atoms with E-state index in [4.69, 9.17) is 21.1 Å².